The number of carbonyl (C=O) groups excluding carboxylic acids is 1. The lowest BCUT2D eigenvalue weighted by Crippen LogP contribution is -2.34. The summed E-state index contributed by atoms with van der Waals surface area (Å²) in [5, 5.41) is 7.15. The minimum absolute atomic E-state index is 0.102. The number of hydrogen-bond donors (Lipinski definition) is 2. The number of nitrogens with zero attached hydrogens (tertiary/aromatic N) is 2. The second kappa shape index (κ2) is 5.88. The summed E-state index contributed by atoms with van der Waals surface area (Å²) in [5.74, 6) is 0.294. The molecule has 106 valence electrons. The molecule has 20 heavy (non-hydrogen) atoms. The predicted molar refractivity (Wildman–Crippen MR) is 79.7 cm³/mol. The van der Waals surface area contributed by atoms with Gasteiger partial charge in [-0.2, -0.15) is 5.10 Å². The van der Waals surface area contributed by atoms with Gasteiger partial charge in [-0.3, -0.25) is 4.79 Å². The number of aryl methyl sites for hydroxylation is 1. The molecule has 0 aliphatic heterocycles. The molecule has 1 aromatic carbocycles. The molecule has 0 fully saturated rings. The number of aromatic nitrogens is 2. The van der Waals surface area contributed by atoms with Crippen molar-refractivity contribution in [2.24, 2.45) is 11.7 Å². The van der Waals surface area contributed by atoms with Crippen molar-refractivity contribution < 1.29 is 4.79 Å². The maximum Gasteiger partial charge on any atom is 0.229 e. The van der Waals surface area contributed by atoms with Crippen molar-refractivity contribution in [3.05, 3.63) is 42.1 Å². The predicted octanol–water partition coefficient (Wildman–Crippen LogP) is 2.10. The Kier molecular flexibility index (Phi) is 4.20. The van der Waals surface area contributed by atoms with Gasteiger partial charge in [0.05, 0.1) is 17.8 Å². The number of nitrogens with one attached hydrogen (secondary N) is 1. The fourth-order valence-corrected chi connectivity index (χ4v) is 1.87. The van der Waals surface area contributed by atoms with Crippen LogP contribution >= 0.6 is 0 Å². The Hall–Kier alpha value is -2.14. The van der Waals surface area contributed by atoms with E-state index in [4.69, 9.17) is 5.73 Å². The third kappa shape index (κ3) is 2.88. The van der Waals surface area contributed by atoms with Gasteiger partial charge in [0.25, 0.3) is 0 Å². The van der Waals surface area contributed by atoms with Gasteiger partial charge in [0.15, 0.2) is 0 Å². The number of para-hydroxylation sites is 1. The monoisotopic (exact) mass is 272 g/mol. The van der Waals surface area contributed by atoms with Gasteiger partial charge in [-0.25, -0.2) is 4.68 Å². The third-order valence-electron chi connectivity index (χ3n) is 3.44. The topological polar surface area (TPSA) is 72.9 Å². The van der Waals surface area contributed by atoms with Crippen molar-refractivity contribution in [2.45, 2.75) is 26.8 Å². The van der Waals surface area contributed by atoms with Crippen LogP contribution in [-0.4, -0.2) is 21.7 Å². The zero-order valence-electron chi connectivity index (χ0n) is 12.0. The van der Waals surface area contributed by atoms with Gasteiger partial charge < -0.3 is 11.1 Å². The molecule has 2 aromatic rings. The average molecular weight is 272 g/mol. The first-order valence-corrected chi connectivity index (χ1v) is 6.67. The first kappa shape index (κ1) is 14.3. The van der Waals surface area contributed by atoms with Crippen LogP contribution in [0.2, 0.25) is 0 Å². The van der Waals surface area contributed by atoms with E-state index in [1.807, 2.05) is 45.0 Å². The van der Waals surface area contributed by atoms with Crippen molar-refractivity contribution >= 4 is 11.7 Å². The molecule has 0 radical (unpaired) electrons. The van der Waals surface area contributed by atoms with E-state index in [1.165, 1.54) is 0 Å². The molecule has 0 aliphatic rings. The van der Waals surface area contributed by atoms with Crippen LogP contribution in [0.1, 0.15) is 19.4 Å². The molecule has 0 aliphatic carbocycles. The minimum atomic E-state index is -0.254. The summed E-state index contributed by atoms with van der Waals surface area (Å²) in [6, 6.07) is 9.47. The molecule has 2 atom stereocenters. The molecular formula is C15H20N4O. The molecule has 3 N–H and O–H groups in total. The summed E-state index contributed by atoms with van der Waals surface area (Å²) in [4.78, 5) is 12.1. The van der Waals surface area contributed by atoms with Crippen molar-refractivity contribution in [3.8, 4) is 5.69 Å². The van der Waals surface area contributed by atoms with E-state index in [9.17, 15) is 4.79 Å². The highest BCUT2D eigenvalue weighted by Crippen LogP contribution is 2.18. The highest BCUT2D eigenvalue weighted by Gasteiger charge is 2.18. The summed E-state index contributed by atoms with van der Waals surface area (Å²) < 4.78 is 1.72. The fraction of sp³-hybridized carbons (Fsp3) is 0.333. The van der Waals surface area contributed by atoms with Gasteiger partial charge in [-0.05, 0) is 25.5 Å². The molecule has 1 amide bonds. The third-order valence-corrected chi connectivity index (χ3v) is 3.44. The highest BCUT2D eigenvalue weighted by atomic mass is 16.2. The molecule has 5 nitrogen and oxygen atoms in total. The molecule has 0 saturated carbocycles. The van der Waals surface area contributed by atoms with Crippen molar-refractivity contribution in [1.82, 2.24) is 9.78 Å². The molecular weight excluding hydrogens is 252 g/mol. The molecule has 0 saturated heterocycles. The molecule has 1 heterocycles. The lowest BCUT2D eigenvalue weighted by molar-refractivity contribution is -0.119. The summed E-state index contributed by atoms with van der Waals surface area (Å²) in [7, 11) is 0. The van der Waals surface area contributed by atoms with Crippen LogP contribution in [0.4, 0.5) is 5.82 Å². The van der Waals surface area contributed by atoms with Crippen LogP contribution in [0, 0.1) is 12.8 Å². The van der Waals surface area contributed by atoms with E-state index in [0.717, 1.165) is 11.3 Å². The Morgan fingerprint density at radius 3 is 2.65 bits per heavy atom. The number of hydrogen-bond acceptors (Lipinski definition) is 3. The SMILES string of the molecule is Cc1ccccc1-n1nccc1NC(=O)C(C)C(C)N. The normalized spacial score (nSPS) is 13.8. The van der Waals surface area contributed by atoms with Crippen molar-refractivity contribution in [1.29, 1.82) is 0 Å². The van der Waals surface area contributed by atoms with Crippen molar-refractivity contribution in [2.75, 3.05) is 5.32 Å². The van der Waals surface area contributed by atoms with Crippen LogP contribution < -0.4 is 11.1 Å². The Bertz CT molecular complexity index is 603. The smallest absolute Gasteiger partial charge is 0.229 e. The first-order chi connectivity index (χ1) is 9.50. The largest absolute Gasteiger partial charge is 0.327 e. The van der Waals surface area contributed by atoms with Gasteiger partial charge in [0.2, 0.25) is 5.91 Å². The summed E-state index contributed by atoms with van der Waals surface area (Å²) >= 11 is 0. The first-order valence-electron chi connectivity index (χ1n) is 6.67. The van der Waals surface area contributed by atoms with Crippen LogP contribution in [0.25, 0.3) is 5.69 Å². The molecule has 2 rings (SSSR count). The Morgan fingerprint density at radius 2 is 2.00 bits per heavy atom. The molecule has 0 spiro atoms. The number of anilines is 1. The second-order valence-electron chi connectivity index (χ2n) is 5.05. The standard InChI is InChI=1S/C15H20N4O/c1-10-6-4-5-7-13(10)19-14(8-9-17-19)18-15(20)11(2)12(3)16/h4-9,11-12H,16H2,1-3H3,(H,18,20). The highest BCUT2D eigenvalue weighted by molar-refractivity contribution is 5.92. The van der Waals surface area contributed by atoms with E-state index in [2.05, 4.69) is 10.4 Å². The van der Waals surface area contributed by atoms with Crippen LogP contribution in [0.5, 0.6) is 0 Å². The van der Waals surface area contributed by atoms with E-state index in [-0.39, 0.29) is 17.9 Å². The van der Waals surface area contributed by atoms with Gasteiger partial charge >= 0.3 is 0 Å². The van der Waals surface area contributed by atoms with E-state index in [1.54, 1.807) is 16.9 Å². The van der Waals surface area contributed by atoms with Gasteiger partial charge in [0.1, 0.15) is 5.82 Å². The molecule has 2 unspecified atom stereocenters. The molecule has 5 heteroatoms. The van der Waals surface area contributed by atoms with E-state index < -0.39 is 0 Å². The maximum atomic E-state index is 12.1. The molecule has 0 bridgehead atoms. The second-order valence-corrected chi connectivity index (χ2v) is 5.05. The Morgan fingerprint density at radius 1 is 1.30 bits per heavy atom. The summed E-state index contributed by atoms with van der Waals surface area (Å²) in [6.45, 7) is 5.64. The van der Waals surface area contributed by atoms with Gasteiger partial charge in [-0.1, -0.05) is 25.1 Å². The lowest BCUT2D eigenvalue weighted by atomic mass is 10.0. The lowest BCUT2D eigenvalue weighted by Gasteiger charge is -2.16. The summed E-state index contributed by atoms with van der Waals surface area (Å²) in [5.41, 5.74) is 7.79. The Balaban J connectivity index is 2.26. The van der Waals surface area contributed by atoms with E-state index >= 15 is 0 Å². The van der Waals surface area contributed by atoms with Crippen LogP contribution in [0.3, 0.4) is 0 Å². The Labute approximate surface area is 118 Å². The van der Waals surface area contributed by atoms with Crippen LogP contribution in [-0.2, 0) is 4.79 Å². The number of nitrogens with two attached hydrogens (primary N) is 1. The van der Waals surface area contributed by atoms with Gasteiger partial charge in [-0.15, -0.1) is 0 Å². The van der Waals surface area contributed by atoms with Gasteiger partial charge in [0, 0.05) is 12.1 Å². The van der Waals surface area contributed by atoms with Crippen molar-refractivity contribution in [3.63, 3.8) is 0 Å². The summed E-state index contributed by atoms with van der Waals surface area (Å²) in [6.07, 6.45) is 1.67. The number of benzene rings is 1. The fourth-order valence-electron chi connectivity index (χ4n) is 1.87. The number of amides is 1. The van der Waals surface area contributed by atoms with E-state index in [0.29, 0.717) is 5.82 Å². The molecule has 1 aromatic heterocycles. The average Bonchev–Trinajstić information content (AvgIpc) is 2.86. The quantitative estimate of drug-likeness (QED) is 0.895. The minimum Gasteiger partial charge on any atom is -0.327 e. The zero-order chi connectivity index (χ0) is 14.7. The number of rotatable bonds is 4. The zero-order valence-corrected chi connectivity index (χ0v) is 12.0. The van der Waals surface area contributed by atoms with Crippen LogP contribution in [0.15, 0.2) is 36.5 Å². The number of carbonyl (C=O) groups is 1. The maximum absolute atomic E-state index is 12.1.